The molecule has 0 rings (SSSR count). The number of unbranched alkanes of at least 4 members (excludes halogenated alkanes) is 7. The molecule has 0 amide bonds. The van der Waals surface area contributed by atoms with Crippen molar-refractivity contribution in [2.24, 2.45) is 0 Å². The highest BCUT2D eigenvalue weighted by Gasteiger charge is 1.97. The topological polar surface area (TPSA) is 57.5 Å². The number of carbonyl (C=O) groups is 1. The van der Waals surface area contributed by atoms with Gasteiger partial charge in [-0.15, -0.1) is 6.42 Å². The average Bonchev–Trinajstić information content (AvgIpc) is 2.31. The molecule has 0 aromatic carbocycles. The molecule has 0 radical (unpaired) electrons. The van der Waals surface area contributed by atoms with Gasteiger partial charge < -0.3 is 10.2 Å². The highest BCUT2D eigenvalue weighted by atomic mass is 16.4. The Kier molecular flexibility index (Phi) is 17.2. The maximum absolute atomic E-state index is 9.09. The Morgan fingerprint density at radius 3 is 1.89 bits per heavy atom. The summed E-state index contributed by atoms with van der Waals surface area (Å²) >= 11 is 0. The molecule has 3 nitrogen and oxygen atoms in total. The van der Waals surface area contributed by atoms with Gasteiger partial charge in [0.2, 0.25) is 0 Å². The van der Waals surface area contributed by atoms with Crippen LogP contribution in [-0.4, -0.2) is 22.3 Å². The molecule has 0 saturated carbocycles. The second kappa shape index (κ2) is 16.0. The molecule has 0 spiro atoms. The quantitative estimate of drug-likeness (QED) is 0.489. The monoisotopic (exact) mass is 256 g/mol. The van der Waals surface area contributed by atoms with Crippen LogP contribution >= 0.6 is 0 Å². The predicted octanol–water partition coefficient (Wildman–Crippen LogP) is 3.60. The van der Waals surface area contributed by atoms with Gasteiger partial charge in [0, 0.05) is 6.92 Å². The SMILES string of the molecule is C#C[C@@H](O)CCCCCCCCCC.CC(=O)O. The lowest BCUT2D eigenvalue weighted by molar-refractivity contribution is -0.134. The Balaban J connectivity index is 0. The fourth-order valence-electron chi connectivity index (χ4n) is 1.55. The summed E-state index contributed by atoms with van der Waals surface area (Å²) in [5.41, 5.74) is 0. The van der Waals surface area contributed by atoms with Gasteiger partial charge in [0.1, 0.15) is 6.10 Å². The Morgan fingerprint density at radius 2 is 1.50 bits per heavy atom. The van der Waals surface area contributed by atoms with Crippen molar-refractivity contribution < 1.29 is 15.0 Å². The molecule has 0 aromatic heterocycles. The molecule has 0 fully saturated rings. The Hall–Kier alpha value is -1.01. The van der Waals surface area contributed by atoms with E-state index in [-0.39, 0.29) is 0 Å². The average molecular weight is 256 g/mol. The number of hydrogen-bond acceptors (Lipinski definition) is 2. The van der Waals surface area contributed by atoms with Crippen molar-refractivity contribution >= 4 is 5.97 Å². The summed E-state index contributed by atoms with van der Waals surface area (Å²) in [5, 5.41) is 16.5. The van der Waals surface area contributed by atoms with Crippen molar-refractivity contribution in [3.8, 4) is 12.3 Å². The van der Waals surface area contributed by atoms with Crippen molar-refractivity contribution in [3.05, 3.63) is 0 Å². The van der Waals surface area contributed by atoms with E-state index in [1.807, 2.05) is 0 Å². The van der Waals surface area contributed by atoms with E-state index in [0.29, 0.717) is 0 Å². The summed E-state index contributed by atoms with van der Waals surface area (Å²) < 4.78 is 0. The molecular weight excluding hydrogens is 228 g/mol. The van der Waals surface area contributed by atoms with E-state index in [1.54, 1.807) is 0 Å². The smallest absolute Gasteiger partial charge is 0.300 e. The Morgan fingerprint density at radius 1 is 1.11 bits per heavy atom. The van der Waals surface area contributed by atoms with Crippen LogP contribution < -0.4 is 0 Å². The first-order valence-electron chi connectivity index (χ1n) is 6.88. The summed E-state index contributed by atoms with van der Waals surface area (Å²) in [6.45, 7) is 3.32. The maximum atomic E-state index is 9.09. The lowest BCUT2D eigenvalue weighted by Crippen LogP contribution is -2.01. The fourth-order valence-corrected chi connectivity index (χ4v) is 1.55. The van der Waals surface area contributed by atoms with Gasteiger partial charge in [0.05, 0.1) is 0 Å². The van der Waals surface area contributed by atoms with Crippen LogP contribution in [0.1, 0.15) is 71.6 Å². The van der Waals surface area contributed by atoms with Crippen LogP contribution in [0.2, 0.25) is 0 Å². The first-order chi connectivity index (χ1) is 8.54. The summed E-state index contributed by atoms with van der Waals surface area (Å²) in [6.07, 6.45) is 15.7. The summed E-state index contributed by atoms with van der Waals surface area (Å²) in [5.74, 6) is 1.51. The van der Waals surface area contributed by atoms with E-state index in [0.717, 1.165) is 19.8 Å². The van der Waals surface area contributed by atoms with Crippen molar-refractivity contribution in [1.82, 2.24) is 0 Å². The molecule has 18 heavy (non-hydrogen) atoms. The molecule has 3 heteroatoms. The molecule has 0 unspecified atom stereocenters. The number of carboxylic acid groups (broad SMARTS) is 1. The third-order valence-corrected chi connectivity index (χ3v) is 2.52. The van der Waals surface area contributed by atoms with Gasteiger partial charge in [0.15, 0.2) is 0 Å². The first kappa shape index (κ1) is 19.3. The van der Waals surface area contributed by atoms with E-state index in [1.165, 1.54) is 44.9 Å². The van der Waals surface area contributed by atoms with Crippen molar-refractivity contribution in [2.75, 3.05) is 0 Å². The van der Waals surface area contributed by atoms with Crippen LogP contribution in [0.15, 0.2) is 0 Å². The second-order valence-electron chi connectivity index (χ2n) is 4.47. The van der Waals surface area contributed by atoms with E-state index in [9.17, 15) is 0 Å². The minimum Gasteiger partial charge on any atom is -0.481 e. The van der Waals surface area contributed by atoms with E-state index < -0.39 is 12.1 Å². The molecule has 106 valence electrons. The molecule has 1 atom stereocenters. The number of terminal acetylenes is 1. The molecule has 0 aliphatic carbocycles. The molecule has 0 heterocycles. The number of carboxylic acids is 1. The molecule has 0 saturated heterocycles. The van der Waals surface area contributed by atoms with Crippen LogP contribution in [0.3, 0.4) is 0 Å². The fraction of sp³-hybridized carbons (Fsp3) is 0.800. The largest absolute Gasteiger partial charge is 0.481 e. The molecule has 2 N–H and O–H groups in total. The van der Waals surface area contributed by atoms with Crippen molar-refractivity contribution in [1.29, 1.82) is 0 Å². The highest BCUT2D eigenvalue weighted by Crippen LogP contribution is 2.10. The highest BCUT2D eigenvalue weighted by molar-refractivity contribution is 5.62. The minimum absolute atomic E-state index is 0.518. The van der Waals surface area contributed by atoms with Gasteiger partial charge in [0.25, 0.3) is 5.97 Å². The molecular formula is C15H28O3. The number of hydrogen-bond donors (Lipinski definition) is 2. The summed E-state index contributed by atoms with van der Waals surface area (Å²) in [7, 11) is 0. The van der Waals surface area contributed by atoms with Gasteiger partial charge in [-0.05, 0) is 12.8 Å². The van der Waals surface area contributed by atoms with E-state index in [4.69, 9.17) is 21.4 Å². The third-order valence-electron chi connectivity index (χ3n) is 2.52. The van der Waals surface area contributed by atoms with Crippen LogP contribution in [0.4, 0.5) is 0 Å². The van der Waals surface area contributed by atoms with Gasteiger partial charge in [-0.1, -0.05) is 57.8 Å². The third kappa shape index (κ3) is 24.3. The molecule has 0 aromatic rings. The predicted molar refractivity (Wildman–Crippen MR) is 75.4 cm³/mol. The van der Waals surface area contributed by atoms with Crippen LogP contribution in [0.25, 0.3) is 0 Å². The van der Waals surface area contributed by atoms with Gasteiger partial charge >= 0.3 is 0 Å². The number of rotatable bonds is 9. The van der Waals surface area contributed by atoms with E-state index in [2.05, 4.69) is 12.8 Å². The van der Waals surface area contributed by atoms with Gasteiger partial charge in [-0.2, -0.15) is 0 Å². The molecule has 0 bridgehead atoms. The van der Waals surface area contributed by atoms with Crippen LogP contribution in [0, 0.1) is 12.3 Å². The maximum Gasteiger partial charge on any atom is 0.300 e. The van der Waals surface area contributed by atoms with Crippen molar-refractivity contribution in [3.63, 3.8) is 0 Å². The summed E-state index contributed by atoms with van der Waals surface area (Å²) in [4.78, 5) is 9.00. The molecule has 0 aliphatic rings. The van der Waals surface area contributed by atoms with Crippen molar-refractivity contribution in [2.45, 2.75) is 77.7 Å². The van der Waals surface area contributed by atoms with E-state index >= 15 is 0 Å². The van der Waals surface area contributed by atoms with Crippen LogP contribution in [-0.2, 0) is 4.79 Å². The van der Waals surface area contributed by atoms with Crippen LogP contribution in [0.5, 0.6) is 0 Å². The zero-order valence-corrected chi connectivity index (χ0v) is 11.8. The summed E-state index contributed by atoms with van der Waals surface area (Å²) in [6, 6.07) is 0. The lowest BCUT2D eigenvalue weighted by Gasteiger charge is -2.03. The Labute approximate surface area is 112 Å². The second-order valence-corrected chi connectivity index (χ2v) is 4.47. The number of aliphatic hydroxyl groups excluding tert-OH is 1. The first-order valence-corrected chi connectivity index (χ1v) is 6.88. The standard InChI is InChI=1S/C13H24O.C2H4O2/c1-3-5-6-7-8-9-10-11-12-13(14)4-2;1-2(3)4/h2,13-14H,3,5-12H2,1H3;1H3,(H,3,4)/t13-;/m1./s1. The number of aliphatic hydroxyl groups is 1. The lowest BCUT2D eigenvalue weighted by atomic mass is 10.1. The normalized spacial score (nSPS) is 11.0. The molecule has 0 aliphatic heterocycles. The Bertz CT molecular complexity index is 214. The van der Waals surface area contributed by atoms with Gasteiger partial charge in [-0.25, -0.2) is 0 Å². The van der Waals surface area contributed by atoms with Gasteiger partial charge in [-0.3, -0.25) is 4.79 Å². The zero-order chi connectivity index (χ0) is 14.2. The number of aliphatic carboxylic acids is 1. The zero-order valence-electron chi connectivity index (χ0n) is 11.8. The minimum atomic E-state index is -0.833.